The minimum absolute atomic E-state index is 0.00651. The summed E-state index contributed by atoms with van der Waals surface area (Å²) >= 11 is 0. The SMILES string of the molecule is CC(C)(C)c1ccc(C(=O)NNC2=CC(=O)C[C@@H](c3ccco3)C2)cc1. The number of carbonyl (C=O) groups is 2. The average Bonchev–Trinajstić information content (AvgIpc) is 3.13. The molecule has 1 heterocycles. The Kier molecular flexibility index (Phi) is 4.98. The van der Waals surface area contributed by atoms with E-state index in [2.05, 4.69) is 31.6 Å². The fourth-order valence-corrected chi connectivity index (χ4v) is 3.04. The number of hydrazine groups is 1. The van der Waals surface area contributed by atoms with Gasteiger partial charge in [-0.3, -0.25) is 15.0 Å². The molecule has 0 fully saturated rings. The molecule has 0 unspecified atom stereocenters. The molecular weight excluding hydrogens is 328 g/mol. The summed E-state index contributed by atoms with van der Waals surface area (Å²) in [5.74, 6) is 0.561. The second-order valence-corrected chi connectivity index (χ2v) is 7.66. The lowest BCUT2D eigenvalue weighted by molar-refractivity contribution is -0.115. The predicted octanol–water partition coefficient (Wildman–Crippen LogP) is 3.84. The van der Waals surface area contributed by atoms with Gasteiger partial charge in [-0.1, -0.05) is 32.9 Å². The van der Waals surface area contributed by atoms with Crippen LogP contribution in [0.25, 0.3) is 0 Å². The number of carbonyl (C=O) groups excluding carboxylic acids is 2. The number of hydrogen-bond donors (Lipinski definition) is 2. The van der Waals surface area contributed by atoms with E-state index in [1.807, 2.05) is 36.4 Å². The molecule has 2 N–H and O–H groups in total. The second-order valence-electron chi connectivity index (χ2n) is 7.66. The molecule has 26 heavy (non-hydrogen) atoms. The molecule has 5 nitrogen and oxygen atoms in total. The smallest absolute Gasteiger partial charge is 0.269 e. The van der Waals surface area contributed by atoms with Crippen molar-refractivity contribution in [3.8, 4) is 0 Å². The molecule has 0 spiro atoms. The molecular formula is C21H24N2O3. The van der Waals surface area contributed by atoms with Gasteiger partial charge in [-0.25, -0.2) is 0 Å². The predicted molar refractivity (Wildman–Crippen MR) is 99.5 cm³/mol. The van der Waals surface area contributed by atoms with Crippen molar-refractivity contribution >= 4 is 11.7 Å². The largest absolute Gasteiger partial charge is 0.469 e. The summed E-state index contributed by atoms with van der Waals surface area (Å²) in [5.41, 5.74) is 8.02. The lowest BCUT2D eigenvalue weighted by Gasteiger charge is -2.22. The third-order valence-electron chi connectivity index (χ3n) is 4.54. The summed E-state index contributed by atoms with van der Waals surface area (Å²) in [5, 5.41) is 0. The van der Waals surface area contributed by atoms with Crippen LogP contribution in [-0.2, 0) is 10.2 Å². The Hall–Kier alpha value is -2.82. The molecule has 1 aliphatic rings. The minimum Gasteiger partial charge on any atom is -0.469 e. The molecule has 5 heteroatoms. The first-order valence-corrected chi connectivity index (χ1v) is 8.76. The van der Waals surface area contributed by atoms with Crippen LogP contribution in [0.5, 0.6) is 0 Å². The van der Waals surface area contributed by atoms with Crippen LogP contribution in [0, 0.1) is 0 Å². The Morgan fingerprint density at radius 2 is 1.85 bits per heavy atom. The van der Waals surface area contributed by atoms with Gasteiger partial charge in [0.2, 0.25) is 0 Å². The highest BCUT2D eigenvalue weighted by Gasteiger charge is 2.24. The number of amides is 1. The Morgan fingerprint density at radius 1 is 1.12 bits per heavy atom. The molecule has 0 radical (unpaired) electrons. The van der Waals surface area contributed by atoms with Crippen LogP contribution in [0.3, 0.4) is 0 Å². The van der Waals surface area contributed by atoms with E-state index < -0.39 is 0 Å². The number of furan rings is 1. The molecule has 1 aromatic heterocycles. The van der Waals surface area contributed by atoms with Crippen molar-refractivity contribution in [1.82, 2.24) is 10.9 Å². The maximum atomic E-state index is 12.3. The maximum Gasteiger partial charge on any atom is 0.269 e. The summed E-state index contributed by atoms with van der Waals surface area (Å²) < 4.78 is 5.41. The van der Waals surface area contributed by atoms with Gasteiger partial charge < -0.3 is 9.84 Å². The Balaban J connectivity index is 1.61. The number of allylic oxidation sites excluding steroid dienone is 2. The molecule has 0 bridgehead atoms. The van der Waals surface area contributed by atoms with E-state index in [0.29, 0.717) is 24.1 Å². The van der Waals surface area contributed by atoms with Crippen LogP contribution < -0.4 is 10.9 Å². The zero-order valence-electron chi connectivity index (χ0n) is 15.3. The number of nitrogens with one attached hydrogen (secondary N) is 2. The summed E-state index contributed by atoms with van der Waals surface area (Å²) in [6.45, 7) is 6.39. The van der Waals surface area contributed by atoms with E-state index in [1.165, 1.54) is 5.56 Å². The van der Waals surface area contributed by atoms with Gasteiger partial charge in [0.15, 0.2) is 5.78 Å². The van der Waals surface area contributed by atoms with Gasteiger partial charge in [-0.2, -0.15) is 0 Å². The molecule has 1 aromatic carbocycles. The van der Waals surface area contributed by atoms with Gasteiger partial charge in [0.25, 0.3) is 5.91 Å². The zero-order chi connectivity index (χ0) is 18.7. The van der Waals surface area contributed by atoms with Gasteiger partial charge in [-0.15, -0.1) is 0 Å². The highest BCUT2D eigenvalue weighted by molar-refractivity contribution is 5.94. The van der Waals surface area contributed by atoms with Gasteiger partial charge >= 0.3 is 0 Å². The van der Waals surface area contributed by atoms with Crippen molar-refractivity contribution in [2.45, 2.75) is 44.9 Å². The molecule has 3 rings (SSSR count). The molecule has 1 aliphatic carbocycles. The molecule has 136 valence electrons. The molecule has 0 saturated heterocycles. The van der Waals surface area contributed by atoms with Gasteiger partial charge in [0.1, 0.15) is 5.76 Å². The van der Waals surface area contributed by atoms with Crippen LogP contribution in [0.1, 0.15) is 61.2 Å². The van der Waals surface area contributed by atoms with Crippen molar-refractivity contribution in [1.29, 1.82) is 0 Å². The molecule has 2 aromatic rings. The van der Waals surface area contributed by atoms with E-state index in [1.54, 1.807) is 12.3 Å². The Bertz CT molecular complexity index is 812. The lowest BCUT2D eigenvalue weighted by atomic mass is 9.87. The maximum absolute atomic E-state index is 12.3. The summed E-state index contributed by atoms with van der Waals surface area (Å²) in [7, 11) is 0. The standard InChI is InChI=1S/C21H24N2O3/c1-21(2,3)16-8-6-14(7-9-16)20(25)23-22-17-11-15(12-18(24)13-17)19-5-4-10-26-19/h4-10,13,15,22H,11-12H2,1-3H3,(H,23,25)/t15-/m0/s1. The second kappa shape index (κ2) is 7.20. The van der Waals surface area contributed by atoms with E-state index >= 15 is 0 Å². The molecule has 1 amide bonds. The van der Waals surface area contributed by atoms with Crippen molar-refractivity contribution < 1.29 is 14.0 Å². The monoisotopic (exact) mass is 352 g/mol. The summed E-state index contributed by atoms with van der Waals surface area (Å²) in [4.78, 5) is 24.3. The fraction of sp³-hybridized carbons (Fsp3) is 0.333. The first-order valence-electron chi connectivity index (χ1n) is 8.76. The fourth-order valence-electron chi connectivity index (χ4n) is 3.04. The summed E-state index contributed by atoms with van der Waals surface area (Å²) in [6, 6.07) is 11.2. The van der Waals surface area contributed by atoms with Crippen LogP contribution in [0.15, 0.2) is 58.9 Å². The number of hydrogen-bond acceptors (Lipinski definition) is 4. The number of benzene rings is 1. The third kappa shape index (κ3) is 4.23. The number of ketones is 1. The van der Waals surface area contributed by atoms with Gasteiger partial charge in [-0.05, 0) is 41.7 Å². The topological polar surface area (TPSA) is 71.3 Å². The number of rotatable bonds is 4. The van der Waals surface area contributed by atoms with Gasteiger partial charge in [0.05, 0.1) is 6.26 Å². The van der Waals surface area contributed by atoms with E-state index in [-0.39, 0.29) is 23.0 Å². The van der Waals surface area contributed by atoms with Gasteiger partial charge in [0, 0.05) is 29.7 Å². The highest BCUT2D eigenvalue weighted by atomic mass is 16.3. The zero-order valence-corrected chi connectivity index (χ0v) is 15.3. The average molecular weight is 352 g/mol. The Labute approximate surface area is 153 Å². The first-order chi connectivity index (χ1) is 12.3. The third-order valence-corrected chi connectivity index (χ3v) is 4.54. The van der Waals surface area contributed by atoms with Crippen molar-refractivity contribution in [3.05, 3.63) is 71.3 Å². The van der Waals surface area contributed by atoms with Crippen molar-refractivity contribution in [2.75, 3.05) is 0 Å². The van der Waals surface area contributed by atoms with Crippen LogP contribution >= 0.6 is 0 Å². The minimum atomic E-state index is -0.237. The van der Waals surface area contributed by atoms with E-state index in [4.69, 9.17) is 4.42 Å². The normalized spacial score (nSPS) is 17.6. The van der Waals surface area contributed by atoms with E-state index in [9.17, 15) is 9.59 Å². The molecule has 1 atom stereocenters. The van der Waals surface area contributed by atoms with E-state index in [0.717, 1.165) is 5.76 Å². The first kappa shape index (κ1) is 18.0. The van der Waals surface area contributed by atoms with Crippen molar-refractivity contribution in [2.24, 2.45) is 0 Å². The highest BCUT2D eigenvalue weighted by Crippen LogP contribution is 2.30. The lowest BCUT2D eigenvalue weighted by Crippen LogP contribution is -2.38. The molecule has 0 aliphatic heterocycles. The summed E-state index contributed by atoms with van der Waals surface area (Å²) in [6.07, 6.45) is 4.18. The van der Waals surface area contributed by atoms with Crippen LogP contribution in [0.2, 0.25) is 0 Å². The van der Waals surface area contributed by atoms with Crippen LogP contribution in [0.4, 0.5) is 0 Å². The van der Waals surface area contributed by atoms with Crippen molar-refractivity contribution in [3.63, 3.8) is 0 Å². The van der Waals surface area contributed by atoms with Crippen LogP contribution in [-0.4, -0.2) is 11.7 Å². The Morgan fingerprint density at radius 3 is 2.46 bits per heavy atom. The quantitative estimate of drug-likeness (QED) is 0.820. The molecule has 0 saturated carbocycles.